The van der Waals surface area contributed by atoms with E-state index in [4.69, 9.17) is 20.9 Å². The number of aliphatic imine (C=N–C) groups is 2. The van der Waals surface area contributed by atoms with Crippen LogP contribution >= 0.6 is 0 Å². The second-order valence-corrected chi connectivity index (χ2v) is 6.25. The zero-order chi connectivity index (χ0) is 17.9. The van der Waals surface area contributed by atoms with Crippen LogP contribution in [0.4, 0.5) is 10.1 Å². The molecule has 136 valence electrons. The molecule has 1 spiro atoms. The SMILES string of the molecule is COCCOc1cccc(F)c1N1C(N)=NC(N)=NC12CCCCC2. The van der Waals surface area contributed by atoms with Crippen molar-refractivity contribution in [1.29, 1.82) is 0 Å². The zero-order valence-corrected chi connectivity index (χ0v) is 14.4. The van der Waals surface area contributed by atoms with Crippen LogP contribution in [-0.4, -0.2) is 37.9 Å². The molecule has 0 unspecified atom stereocenters. The summed E-state index contributed by atoms with van der Waals surface area (Å²) in [5.41, 5.74) is 11.6. The summed E-state index contributed by atoms with van der Waals surface area (Å²) in [6.07, 6.45) is 4.51. The minimum atomic E-state index is -0.713. The van der Waals surface area contributed by atoms with Crippen LogP contribution in [0, 0.1) is 5.82 Å². The first-order valence-corrected chi connectivity index (χ1v) is 8.47. The van der Waals surface area contributed by atoms with Crippen LogP contribution in [0.5, 0.6) is 5.75 Å². The van der Waals surface area contributed by atoms with Crippen LogP contribution in [0.2, 0.25) is 0 Å². The summed E-state index contributed by atoms with van der Waals surface area (Å²) in [4.78, 5) is 10.3. The van der Waals surface area contributed by atoms with Crippen molar-refractivity contribution in [3.63, 3.8) is 0 Å². The second kappa shape index (κ2) is 7.26. The molecule has 0 amide bonds. The van der Waals surface area contributed by atoms with Crippen LogP contribution in [0.3, 0.4) is 0 Å². The summed E-state index contributed by atoms with van der Waals surface area (Å²) < 4.78 is 25.5. The molecule has 25 heavy (non-hydrogen) atoms. The lowest BCUT2D eigenvalue weighted by Crippen LogP contribution is -2.58. The highest BCUT2D eigenvalue weighted by molar-refractivity contribution is 6.06. The molecule has 1 aromatic rings. The van der Waals surface area contributed by atoms with Crippen molar-refractivity contribution in [2.75, 3.05) is 25.2 Å². The van der Waals surface area contributed by atoms with Gasteiger partial charge in [-0.05, 0) is 37.8 Å². The number of hydrogen-bond donors (Lipinski definition) is 2. The highest BCUT2D eigenvalue weighted by Crippen LogP contribution is 2.43. The van der Waals surface area contributed by atoms with Gasteiger partial charge in [0.2, 0.25) is 11.9 Å². The summed E-state index contributed by atoms with van der Waals surface area (Å²) in [7, 11) is 1.58. The van der Waals surface area contributed by atoms with Gasteiger partial charge in [0, 0.05) is 7.11 Å². The molecule has 1 aliphatic heterocycles. The Labute approximate surface area is 146 Å². The summed E-state index contributed by atoms with van der Waals surface area (Å²) in [6.45, 7) is 0.700. The second-order valence-electron chi connectivity index (χ2n) is 6.25. The molecule has 1 heterocycles. The number of hydrogen-bond acceptors (Lipinski definition) is 7. The summed E-state index contributed by atoms with van der Waals surface area (Å²) >= 11 is 0. The van der Waals surface area contributed by atoms with Crippen molar-refractivity contribution < 1.29 is 13.9 Å². The fourth-order valence-corrected chi connectivity index (χ4v) is 3.51. The Balaban J connectivity index is 2.05. The van der Waals surface area contributed by atoms with Crippen LogP contribution in [0.15, 0.2) is 28.2 Å². The van der Waals surface area contributed by atoms with Crippen molar-refractivity contribution in [1.82, 2.24) is 0 Å². The van der Waals surface area contributed by atoms with E-state index in [0.29, 0.717) is 19.0 Å². The third-order valence-corrected chi connectivity index (χ3v) is 4.57. The third kappa shape index (κ3) is 3.39. The number of para-hydroxylation sites is 1. The fraction of sp³-hybridized carbons (Fsp3) is 0.529. The lowest BCUT2D eigenvalue weighted by atomic mass is 9.87. The minimum Gasteiger partial charge on any atom is -0.489 e. The maximum atomic E-state index is 14.8. The van der Waals surface area contributed by atoms with Crippen LogP contribution in [0.1, 0.15) is 32.1 Å². The topological polar surface area (TPSA) is 98.5 Å². The molecular formula is C17H24FN5O2. The third-order valence-electron chi connectivity index (χ3n) is 4.57. The van der Waals surface area contributed by atoms with Crippen molar-refractivity contribution in [3.05, 3.63) is 24.0 Å². The molecule has 3 rings (SSSR count). The number of nitrogens with zero attached hydrogens (tertiary/aromatic N) is 3. The van der Waals surface area contributed by atoms with E-state index < -0.39 is 11.5 Å². The number of rotatable bonds is 5. The van der Waals surface area contributed by atoms with Gasteiger partial charge in [0.15, 0.2) is 5.82 Å². The molecule has 0 bridgehead atoms. The monoisotopic (exact) mass is 349 g/mol. The first-order valence-electron chi connectivity index (χ1n) is 8.47. The maximum absolute atomic E-state index is 14.8. The van der Waals surface area contributed by atoms with E-state index in [1.807, 2.05) is 0 Å². The van der Waals surface area contributed by atoms with Gasteiger partial charge in [0.05, 0.1) is 6.61 Å². The Morgan fingerprint density at radius 2 is 1.96 bits per heavy atom. The van der Waals surface area contributed by atoms with Gasteiger partial charge in [0.25, 0.3) is 0 Å². The highest BCUT2D eigenvalue weighted by atomic mass is 19.1. The van der Waals surface area contributed by atoms with Gasteiger partial charge >= 0.3 is 0 Å². The molecule has 8 heteroatoms. The molecule has 2 aliphatic rings. The summed E-state index contributed by atoms with van der Waals surface area (Å²) in [5.74, 6) is 0.217. The van der Waals surface area contributed by atoms with E-state index in [9.17, 15) is 4.39 Å². The van der Waals surface area contributed by atoms with E-state index in [0.717, 1.165) is 32.1 Å². The largest absolute Gasteiger partial charge is 0.489 e. The van der Waals surface area contributed by atoms with Gasteiger partial charge in [-0.3, -0.25) is 4.90 Å². The van der Waals surface area contributed by atoms with E-state index >= 15 is 0 Å². The molecule has 1 saturated carbocycles. The number of anilines is 1. The van der Waals surface area contributed by atoms with E-state index in [2.05, 4.69) is 9.98 Å². The molecule has 0 aromatic heterocycles. The summed E-state index contributed by atoms with van der Waals surface area (Å²) in [6, 6.07) is 4.69. The lowest BCUT2D eigenvalue weighted by Gasteiger charge is -2.45. The van der Waals surface area contributed by atoms with Crippen molar-refractivity contribution in [2.24, 2.45) is 21.5 Å². The standard InChI is InChI=1S/C17H24FN5O2/c1-24-10-11-25-13-7-5-6-12(18)14(13)23-16(20)21-15(19)22-17(23)8-3-2-4-9-17/h5-7H,2-4,8-11H2,1H3,(H4,19,20,21,22). The van der Waals surface area contributed by atoms with Gasteiger partial charge in [-0.1, -0.05) is 12.5 Å². The quantitative estimate of drug-likeness (QED) is 0.792. The van der Waals surface area contributed by atoms with Crippen LogP contribution in [0.25, 0.3) is 0 Å². The highest BCUT2D eigenvalue weighted by Gasteiger charge is 2.44. The van der Waals surface area contributed by atoms with Gasteiger partial charge in [-0.25, -0.2) is 9.38 Å². The Kier molecular flexibility index (Phi) is 5.08. The first kappa shape index (κ1) is 17.5. The van der Waals surface area contributed by atoms with Crippen molar-refractivity contribution in [2.45, 2.75) is 37.8 Å². The molecule has 1 fully saturated rings. The molecular weight excluding hydrogens is 325 g/mol. The Hall–Kier alpha value is -2.35. The van der Waals surface area contributed by atoms with Crippen molar-refractivity contribution in [3.8, 4) is 5.75 Å². The van der Waals surface area contributed by atoms with Gasteiger partial charge in [-0.15, -0.1) is 0 Å². The molecule has 1 aromatic carbocycles. The van der Waals surface area contributed by atoms with E-state index in [1.54, 1.807) is 24.1 Å². The average Bonchev–Trinajstić information content (AvgIpc) is 2.57. The summed E-state index contributed by atoms with van der Waals surface area (Å²) in [5, 5.41) is 0. The molecule has 0 atom stereocenters. The molecule has 4 N–H and O–H groups in total. The lowest BCUT2D eigenvalue weighted by molar-refractivity contribution is 0.146. The molecule has 7 nitrogen and oxygen atoms in total. The molecule has 0 saturated heterocycles. The predicted octanol–water partition coefficient (Wildman–Crippen LogP) is 1.96. The fourth-order valence-electron chi connectivity index (χ4n) is 3.51. The Morgan fingerprint density at radius 3 is 2.68 bits per heavy atom. The number of ether oxygens (including phenoxy) is 2. The number of benzene rings is 1. The van der Waals surface area contributed by atoms with Crippen LogP contribution < -0.4 is 21.1 Å². The number of methoxy groups -OCH3 is 1. The first-order chi connectivity index (χ1) is 12.1. The Morgan fingerprint density at radius 1 is 1.20 bits per heavy atom. The molecule has 0 radical (unpaired) electrons. The average molecular weight is 349 g/mol. The van der Waals surface area contributed by atoms with E-state index in [1.165, 1.54) is 6.07 Å². The van der Waals surface area contributed by atoms with Crippen molar-refractivity contribution >= 4 is 17.6 Å². The minimum absolute atomic E-state index is 0.133. The van der Waals surface area contributed by atoms with Gasteiger partial charge in [-0.2, -0.15) is 4.99 Å². The van der Waals surface area contributed by atoms with Gasteiger partial charge < -0.3 is 20.9 Å². The number of guanidine groups is 2. The predicted molar refractivity (Wildman–Crippen MR) is 95.3 cm³/mol. The maximum Gasteiger partial charge on any atom is 0.220 e. The van der Waals surface area contributed by atoms with Gasteiger partial charge in [0.1, 0.15) is 23.7 Å². The number of halogens is 1. The van der Waals surface area contributed by atoms with E-state index in [-0.39, 0.29) is 17.6 Å². The smallest absolute Gasteiger partial charge is 0.220 e. The molecule has 1 aliphatic carbocycles. The zero-order valence-electron chi connectivity index (χ0n) is 14.4. The number of nitrogens with two attached hydrogens (primary N) is 2. The Bertz CT molecular complexity index is 686. The van der Waals surface area contributed by atoms with Crippen LogP contribution in [-0.2, 0) is 4.74 Å². The normalized spacial score (nSPS) is 19.5.